The van der Waals surface area contributed by atoms with Crippen molar-refractivity contribution in [2.75, 3.05) is 11.9 Å². The molecule has 3 aromatic rings. The molecule has 0 atom stereocenters. The molecule has 0 saturated heterocycles. The van der Waals surface area contributed by atoms with Crippen LogP contribution in [0.4, 0.5) is 18.2 Å². The third-order valence-corrected chi connectivity index (χ3v) is 6.41. The summed E-state index contributed by atoms with van der Waals surface area (Å²) < 4.78 is 42.8. The quantitative estimate of drug-likeness (QED) is 0.587. The van der Waals surface area contributed by atoms with E-state index in [0.29, 0.717) is 30.6 Å². The van der Waals surface area contributed by atoms with Crippen LogP contribution in [0.5, 0.6) is 5.75 Å². The lowest BCUT2D eigenvalue weighted by molar-refractivity contribution is -0.274. The number of pyridine rings is 1. The van der Waals surface area contributed by atoms with E-state index in [0.717, 1.165) is 27.7 Å². The Labute approximate surface area is 192 Å². The first-order valence-corrected chi connectivity index (χ1v) is 11.1. The lowest BCUT2D eigenvalue weighted by Gasteiger charge is -2.30. The number of halogens is 3. The van der Waals surface area contributed by atoms with Gasteiger partial charge >= 0.3 is 6.36 Å². The van der Waals surface area contributed by atoms with Crippen LogP contribution < -0.4 is 15.6 Å². The van der Waals surface area contributed by atoms with Crippen LogP contribution in [0, 0.1) is 0 Å². The Morgan fingerprint density at radius 3 is 2.58 bits per heavy atom. The Bertz CT molecular complexity index is 1230. The predicted molar refractivity (Wildman–Crippen MR) is 120 cm³/mol. The molecule has 1 aromatic carbocycles. The first kappa shape index (κ1) is 23.1. The van der Waals surface area contributed by atoms with E-state index in [4.69, 9.17) is 0 Å². The summed E-state index contributed by atoms with van der Waals surface area (Å²) in [7, 11) is 1.72. The molecular weight excluding hydrogens is 455 g/mol. The molecule has 2 aromatic heterocycles. The van der Waals surface area contributed by atoms with Crippen LogP contribution in [-0.4, -0.2) is 28.3 Å². The van der Waals surface area contributed by atoms with Crippen LogP contribution in [0.25, 0.3) is 11.1 Å². The number of anilines is 1. The average Bonchev–Trinajstić information content (AvgIpc) is 3.16. The number of nitrogens with one attached hydrogen (secondary N) is 1. The van der Waals surface area contributed by atoms with Gasteiger partial charge in [-0.1, -0.05) is 12.1 Å². The van der Waals surface area contributed by atoms with Gasteiger partial charge in [0.25, 0.3) is 5.56 Å². The molecule has 0 unspecified atom stereocenters. The van der Waals surface area contributed by atoms with Gasteiger partial charge in [0.15, 0.2) is 0 Å². The van der Waals surface area contributed by atoms with E-state index >= 15 is 0 Å². The van der Waals surface area contributed by atoms with Crippen molar-refractivity contribution in [3.8, 4) is 16.9 Å². The van der Waals surface area contributed by atoms with Crippen molar-refractivity contribution in [1.29, 1.82) is 0 Å². The standard InChI is InChI=1S/C23H22F3N3O3S/c1-14(30)27-21-8-7-18(33-21)13-29-10-9-20-16(12-29)11-19(22(31)28(20)2)15-3-5-17(6-4-15)32-23(24,25)26/h3-8,11H,9-10,12-13H2,1-2H3,(H,27,30). The number of benzene rings is 1. The maximum Gasteiger partial charge on any atom is 0.573 e. The third kappa shape index (κ3) is 5.45. The molecule has 4 rings (SSSR count). The fourth-order valence-corrected chi connectivity index (χ4v) is 4.99. The van der Waals surface area contributed by atoms with Crippen LogP contribution in [0.1, 0.15) is 23.1 Å². The van der Waals surface area contributed by atoms with Gasteiger partial charge in [0.2, 0.25) is 5.91 Å². The summed E-state index contributed by atoms with van der Waals surface area (Å²) in [6, 6.07) is 11.0. The van der Waals surface area contributed by atoms with Crippen LogP contribution >= 0.6 is 11.3 Å². The second kappa shape index (κ2) is 9.03. The SMILES string of the molecule is CC(=O)Nc1ccc(CN2CCc3c(cc(-c4ccc(OC(F)(F)F)cc4)c(=O)n3C)C2)s1. The van der Waals surface area contributed by atoms with Crippen molar-refractivity contribution >= 4 is 22.2 Å². The number of alkyl halides is 3. The Morgan fingerprint density at radius 1 is 1.18 bits per heavy atom. The van der Waals surface area contributed by atoms with Gasteiger partial charge in [-0.2, -0.15) is 0 Å². The second-order valence-corrected chi connectivity index (χ2v) is 9.04. The number of hydrogen-bond acceptors (Lipinski definition) is 5. The van der Waals surface area contributed by atoms with E-state index in [1.165, 1.54) is 42.5 Å². The first-order valence-electron chi connectivity index (χ1n) is 10.3. The fourth-order valence-electron chi connectivity index (χ4n) is 3.99. The Morgan fingerprint density at radius 2 is 1.91 bits per heavy atom. The molecule has 3 heterocycles. The zero-order valence-corrected chi connectivity index (χ0v) is 18.8. The smallest absolute Gasteiger partial charge is 0.406 e. The molecule has 174 valence electrons. The summed E-state index contributed by atoms with van der Waals surface area (Å²) in [6.45, 7) is 3.61. The molecule has 1 aliphatic rings. The molecule has 0 saturated carbocycles. The van der Waals surface area contributed by atoms with Crippen molar-refractivity contribution in [2.45, 2.75) is 32.8 Å². The first-order chi connectivity index (χ1) is 15.6. The summed E-state index contributed by atoms with van der Waals surface area (Å²) >= 11 is 1.53. The van der Waals surface area contributed by atoms with Crippen molar-refractivity contribution in [3.05, 3.63) is 69.0 Å². The highest BCUT2D eigenvalue weighted by atomic mass is 32.1. The number of carbonyl (C=O) groups is 1. The van der Waals surface area contributed by atoms with E-state index in [2.05, 4.69) is 15.0 Å². The van der Waals surface area contributed by atoms with E-state index < -0.39 is 6.36 Å². The minimum atomic E-state index is -4.77. The zero-order chi connectivity index (χ0) is 23.8. The van der Waals surface area contributed by atoms with Gasteiger partial charge in [0.05, 0.1) is 5.00 Å². The van der Waals surface area contributed by atoms with Crippen LogP contribution in [0.15, 0.2) is 47.3 Å². The molecular formula is C23H22F3N3O3S. The van der Waals surface area contributed by atoms with Crippen molar-refractivity contribution in [1.82, 2.24) is 9.47 Å². The highest BCUT2D eigenvalue weighted by molar-refractivity contribution is 7.16. The normalized spacial score (nSPS) is 14.1. The number of ether oxygens (including phenoxy) is 1. The van der Waals surface area contributed by atoms with Gasteiger partial charge < -0.3 is 14.6 Å². The number of rotatable bonds is 5. The van der Waals surface area contributed by atoms with Gasteiger partial charge in [0.1, 0.15) is 5.75 Å². The molecule has 0 fully saturated rings. The van der Waals surface area contributed by atoms with E-state index in [9.17, 15) is 22.8 Å². The number of amides is 1. The number of thiophene rings is 1. The number of nitrogens with zero attached hydrogens (tertiary/aromatic N) is 2. The summed E-state index contributed by atoms with van der Waals surface area (Å²) in [4.78, 5) is 27.5. The number of carbonyl (C=O) groups excluding carboxylic acids is 1. The molecule has 33 heavy (non-hydrogen) atoms. The molecule has 1 N–H and O–H groups in total. The fraction of sp³-hybridized carbons (Fsp3) is 0.304. The highest BCUT2D eigenvalue weighted by Crippen LogP contribution is 2.29. The van der Waals surface area contributed by atoms with Crippen molar-refractivity contribution in [2.24, 2.45) is 7.05 Å². The molecule has 1 aliphatic heterocycles. The van der Waals surface area contributed by atoms with Gasteiger partial charge in [-0.15, -0.1) is 24.5 Å². The minimum absolute atomic E-state index is 0.109. The minimum Gasteiger partial charge on any atom is -0.406 e. The van der Waals surface area contributed by atoms with Gasteiger partial charge in [0, 0.05) is 56.2 Å². The van der Waals surface area contributed by atoms with E-state index in [1.54, 1.807) is 11.6 Å². The number of hydrogen-bond donors (Lipinski definition) is 1. The zero-order valence-electron chi connectivity index (χ0n) is 18.0. The number of fused-ring (bicyclic) bond motifs is 1. The van der Waals surface area contributed by atoms with Crippen molar-refractivity contribution in [3.63, 3.8) is 0 Å². The molecule has 0 spiro atoms. The van der Waals surface area contributed by atoms with Gasteiger partial charge in [-0.05, 0) is 41.5 Å². The van der Waals surface area contributed by atoms with Crippen LogP contribution in [-0.2, 0) is 31.4 Å². The molecule has 0 aliphatic carbocycles. The van der Waals surface area contributed by atoms with Gasteiger partial charge in [-0.25, -0.2) is 0 Å². The maximum absolute atomic E-state index is 12.9. The molecule has 0 radical (unpaired) electrons. The lowest BCUT2D eigenvalue weighted by atomic mass is 9.99. The van der Waals surface area contributed by atoms with Crippen LogP contribution in [0.3, 0.4) is 0 Å². The predicted octanol–water partition coefficient (Wildman–Crippen LogP) is 4.53. The average molecular weight is 478 g/mol. The number of aromatic nitrogens is 1. The Kier molecular flexibility index (Phi) is 6.31. The maximum atomic E-state index is 12.9. The lowest BCUT2D eigenvalue weighted by Crippen LogP contribution is -2.35. The van der Waals surface area contributed by atoms with Gasteiger partial charge in [-0.3, -0.25) is 14.5 Å². The molecule has 10 heteroatoms. The van der Waals surface area contributed by atoms with Crippen LogP contribution in [0.2, 0.25) is 0 Å². The largest absolute Gasteiger partial charge is 0.573 e. The molecule has 1 amide bonds. The summed E-state index contributed by atoms with van der Waals surface area (Å²) in [5, 5.41) is 3.59. The Balaban J connectivity index is 1.55. The van der Waals surface area contributed by atoms with E-state index in [1.807, 2.05) is 18.2 Å². The Hall–Kier alpha value is -3.11. The summed E-state index contributed by atoms with van der Waals surface area (Å²) in [6.07, 6.45) is -4.05. The van der Waals surface area contributed by atoms with Crippen molar-refractivity contribution < 1.29 is 22.7 Å². The summed E-state index contributed by atoms with van der Waals surface area (Å²) in [5.74, 6) is -0.441. The topological polar surface area (TPSA) is 63.6 Å². The van der Waals surface area contributed by atoms with E-state index in [-0.39, 0.29) is 17.2 Å². The highest BCUT2D eigenvalue weighted by Gasteiger charge is 2.31. The summed E-state index contributed by atoms with van der Waals surface area (Å²) in [5.41, 5.74) is 2.74. The molecule has 0 bridgehead atoms. The monoisotopic (exact) mass is 477 g/mol. The second-order valence-electron chi connectivity index (χ2n) is 7.87. The molecule has 6 nitrogen and oxygen atoms in total. The third-order valence-electron chi connectivity index (χ3n) is 5.43.